The molecule has 4 heteroatoms. The fraction of sp³-hybridized carbons (Fsp3) is 0.458. The predicted octanol–water partition coefficient (Wildman–Crippen LogP) is 11.0. The summed E-state index contributed by atoms with van der Waals surface area (Å²) >= 11 is 0. The maximum absolute atomic E-state index is 5.30. The normalized spacial score (nSPS) is 28.0. The maximum atomic E-state index is 5.30. The molecule has 4 aromatic carbocycles. The largest absolute Gasteiger partial charge is 0.342 e. The summed E-state index contributed by atoms with van der Waals surface area (Å²) in [7, 11) is 0. The van der Waals surface area contributed by atoms with Crippen LogP contribution in [-0.2, 0) is 32.1 Å². The number of H-pyrrole nitrogens is 1. The second-order valence-electron chi connectivity index (χ2n) is 17.5. The fourth-order valence-electron chi connectivity index (χ4n) is 11.6. The highest BCUT2D eigenvalue weighted by atomic mass is 15.0. The minimum Gasteiger partial charge on any atom is -0.342 e. The van der Waals surface area contributed by atoms with Gasteiger partial charge in [0.2, 0.25) is 0 Å². The number of hydrogen-bond donors (Lipinski definition) is 2. The van der Waals surface area contributed by atoms with Gasteiger partial charge < -0.3 is 10.3 Å². The Kier molecular flexibility index (Phi) is 7.77. The van der Waals surface area contributed by atoms with Gasteiger partial charge in [-0.05, 0) is 144 Å². The molecule has 1 aromatic heterocycles. The Morgan fingerprint density at radius 1 is 0.577 bits per heavy atom. The second kappa shape index (κ2) is 12.8. The van der Waals surface area contributed by atoms with E-state index in [2.05, 4.69) is 83.1 Å². The van der Waals surface area contributed by atoms with Gasteiger partial charge in [-0.15, -0.1) is 0 Å². The third kappa shape index (κ3) is 5.68. The number of rotatable bonds is 4. The van der Waals surface area contributed by atoms with Crippen LogP contribution in [0.25, 0.3) is 33.3 Å². The number of aliphatic imine (C=N–C) groups is 1. The van der Waals surface area contributed by atoms with Crippen molar-refractivity contribution in [1.29, 1.82) is 0 Å². The van der Waals surface area contributed by atoms with E-state index >= 15 is 0 Å². The van der Waals surface area contributed by atoms with E-state index in [9.17, 15) is 0 Å². The molecule has 4 nitrogen and oxygen atoms in total. The molecule has 9 aliphatic rings. The molecule has 52 heavy (non-hydrogen) atoms. The molecule has 0 spiro atoms. The first-order valence-electron chi connectivity index (χ1n) is 20.9. The minimum atomic E-state index is 0.463. The zero-order chi connectivity index (χ0) is 34.2. The zero-order valence-corrected chi connectivity index (χ0v) is 30.6. The van der Waals surface area contributed by atoms with Crippen molar-refractivity contribution in [3.05, 3.63) is 106 Å². The van der Waals surface area contributed by atoms with Gasteiger partial charge in [0, 0.05) is 30.1 Å². The molecule has 7 aliphatic carbocycles. The lowest BCUT2D eigenvalue weighted by Gasteiger charge is -2.24. The number of aryl methyl sites for hydroxylation is 4. The van der Waals surface area contributed by atoms with Crippen LogP contribution in [0, 0.1) is 17.8 Å². The highest BCUT2D eigenvalue weighted by molar-refractivity contribution is 5.98. The molecule has 4 fully saturated rings. The molecular weight excluding hydrogens is 633 g/mol. The predicted molar refractivity (Wildman–Crippen MR) is 214 cm³/mol. The summed E-state index contributed by atoms with van der Waals surface area (Å²) in [6.45, 7) is 0. The number of fused-ring (bicyclic) bond motifs is 4. The topological polar surface area (TPSA) is 53.1 Å². The molecule has 5 unspecified atom stereocenters. The van der Waals surface area contributed by atoms with E-state index in [1.807, 2.05) is 0 Å². The molecule has 3 heterocycles. The SMILES string of the molecule is c1cc2c(-c3ccc4c(c3)N=C(C3CC5CCCCC5N3)C4)cc1CCc1ccc(cc1-c1ccc3nc(C4CC5CCCCC5C4)[nH]c3c1)CC2. The maximum Gasteiger partial charge on any atom is 0.110 e. The number of nitrogens with one attached hydrogen (secondary N) is 2. The lowest BCUT2D eigenvalue weighted by Crippen LogP contribution is -2.37. The molecule has 1 saturated heterocycles. The fourth-order valence-corrected chi connectivity index (χ4v) is 11.6. The highest BCUT2D eigenvalue weighted by Crippen LogP contribution is 2.49. The quantitative estimate of drug-likeness (QED) is 0.198. The van der Waals surface area contributed by atoms with Gasteiger partial charge in [-0.2, -0.15) is 0 Å². The molecule has 0 amide bonds. The molecule has 4 bridgehead atoms. The Labute approximate surface area is 309 Å². The summed E-state index contributed by atoms with van der Waals surface area (Å²) in [6, 6.07) is 29.8. The summed E-state index contributed by atoms with van der Waals surface area (Å²) < 4.78 is 0. The Bertz CT molecular complexity index is 2180. The van der Waals surface area contributed by atoms with Crippen molar-refractivity contribution in [3.8, 4) is 22.3 Å². The van der Waals surface area contributed by atoms with Gasteiger partial charge in [-0.3, -0.25) is 4.99 Å². The summed E-state index contributed by atoms with van der Waals surface area (Å²) in [5, 5.41) is 3.98. The van der Waals surface area contributed by atoms with Crippen LogP contribution in [0.4, 0.5) is 5.69 Å². The van der Waals surface area contributed by atoms with Gasteiger partial charge in [0.15, 0.2) is 0 Å². The van der Waals surface area contributed by atoms with Gasteiger partial charge in [0.25, 0.3) is 0 Å². The van der Waals surface area contributed by atoms with E-state index in [-0.39, 0.29) is 0 Å². The second-order valence-corrected chi connectivity index (χ2v) is 17.5. The molecule has 5 aromatic rings. The van der Waals surface area contributed by atoms with E-state index in [0.717, 1.165) is 55.4 Å². The van der Waals surface area contributed by atoms with E-state index in [1.165, 1.54) is 143 Å². The lowest BCUT2D eigenvalue weighted by molar-refractivity contribution is 0.277. The summed E-state index contributed by atoms with van der Waals surface area (Å²) in [4.78, 5) is 14.3. The first-order valence-corrected chi connectivity index (χ1v) is 20.9. The van der Waals surface area contributed by atoms with Crippen molar-refractivity contribution in [2.24, 2.45) is 22.7 Å². The van der Waals surface area contributed by atoms with Gasteiger partial charge in [-0.25, -0.2) is 4.98 Å². The van der Waals surface area contributed by atoms with Crippen LogP contribution in [0.3, 0.4) is 0 Å². The van der Waals surface area contributed by atoms with Crippen molar-refractivity contribution < 1.29 is 0 Å². The van der Waals surface area contributed by atoms with Crippen molar-refractivity contribution >= 4 is 22.4 Å². The van der Waals surface area contributed by atoms with E-state index in [1.54, 1.807) is 0 Å². The Morgan fingerprint density at radius 2 is 1.23 bits per heavy atom. The van der Waals surface area contributed by atoms with Crippen LogP contribution in [-0.4, -0.2) is 27.8 Å². The van der Waals surface area contributed by atoms with Crippen LogP contribution < -0.4 is 5.32 Å². The van der Waals surface area contributed by atoms with Gasteiger partial charge >= 0.3 is 0 Å². The molecule has 14 rings (SSSR count). The number of imidazole rings is 1. The van der Waals surface area contributed by atoms with E-state index in [0.29, 0.717) is 18.0 Å². The third-order valence-corrected chi connectivity index (χ3v) is 14.5. The van der Waals surface area contributed by atoms with Crippen molar-refractivity contribution in [3.63, 3.8) is 0 Å². The molecule has 2 aliphatic heterocycles. The summed E-state index contributed by atoms with van der Waals surface area (Å²) in [6.07, 6.45) is 20.3. The zero-order valence-electron chi connectivity index (χ0n) is 30.6. The number of benzene rings is 4. The molecule has 5 atom stereocenters. The van der Waals surface area contributed by atoms with Gasteiger partial charge in [0.1, 0.15) is 5.82 Å². The molecule has 264 valence electrons. The Balaban J connectivity index is 0.852. The van der Waals surface area contributed by atoms with Crippen LogP contribution in [0.5, 0.6) is 0 Å². The van der Waals surface area contributed by atoms with Crippen molar-refractivity contribution in [2.45, 2.75) is 121 Å². The smallest absolute Gasteiger partial charge is 0.110 e. The van der Waals surface area contributed by atoms with Crippen molar-refractivity contribution in [2.75, 3.05) is 0 Å². The van der Waals surface area contributed by atoms with Crippen LogP contribution in [0.2, 0.25) is 0 Å². The van der Waals surface area contributed by atoms with Crippen LogP contribution in [0.15, 0.2) is 77.8 Å². The first kappa shape index (κ1) is 31.5. The van der Waals surface area contributed by atoms with Crippen LogP contribution >= 0.6 is 0 Å². The standard InChI is InChI=1S/C48H52N4/c1-2-6-34-24-39(23-33(34)5-1)48-51-43-20-19-36(26-45(43)52-48)41-22-30-10-14-31-13-9-29(11-15-32(41)16-12-30)21-40(31)35-17-18-38-28-47(50-44(38)25-35)46-27-37-7-3-4-8-42(37)49-46/h9,12-13,16-22,25-26,33-34,37,39,42,46,49H,1-8,10-11,14-15,23-24,27-28H2,(H,51,52). The monoisotopic (exact) mass is 684 g/mol. The number of aromatic nitrogens is 2. The highest BCUT2D eigenvalue weighted by Gasteiger charge is 2.39. The van der Waals surface area contributed by atoms with Crippen molar-refractivity contribution in [1.82, 2.24) is 15.3 Å². The molecule has 0 radical (unpaired) electrons. The first-order chi connectivity index (χ1) is 25.7. The Morgan fingerprint density at radius 3 is 1.96 bits per heavy atom. The third-order valence-electron chi connectivity index (χ3n) is 14.5. The van der Waals surface area contributed by atoms with Crippen LogP contribution in [0.1, 0.15) is 110 Å². The molecule has 2 N–H and O–H groups in total. The van der Waals surface area contributed by atoms with E-state index in [4.69, 9.17) is 9.98 Å². The molecule has 3 saturated carbocycles. The average Bonchev–Trinajstić information content (AvgIpc) is 3.98. The molecular formula is C48H52N4. The van der Waals surface area contributed by atoms with Gasteiger partial charge in [0.05, 0.1) is 16.7 Å². The lowest BCUT2D eigenvalue weighted by atomic mass is 9.82. The number of hydrogen-bond acceptors (Lipinski definition) is 3. The summed E-state index contributed by atoms with van der Waals surface area (Å²) in [5.41, 5.74) is 17.4. The average molecular weight is 685 g/mol. The minimum absolute atomic E-state index is 0.463. The number of aromatic amines is 1. The summed E-state index contributed by atoms with van der Waals surface area (Å²) in [5.74, 6) is 4.53. The Hall–Kier alpha value is -4.02. The van der Waals surface area contributed by atoms with E-state index < -0.39 is 0 Å². The van der Waals surface area contributed by atoms with Gasteiger partial charge in [-0.1, -0.05) is 93.1 Å². The number of nitrogens with zero attached hydrogens (tertiary/aromatic N) is 2.